The first-order valence-electron chi connectivity index (χ1n) is 11.3. The zero-order valence-corrected chi connectivity index (χ0v) is 17.1. The zero-order valence-electron chi connectivity index (χ0n) is 17.1. The van der Waals surface area contributed by atoms with Crippen molar-refractivity contribution in [3.8, 4) is 0 Å². The lowest BCUT2D eigenvalue weighted by molar-refractivity contribution is 0.238. The highest BCUT2D eigenvalue weighted by molar-refractivity contribution is 5.29. The first-order valence-corrected chi connectivity index (χ1v) is 11.3. The van der Waals surface area contributed by atoms with Gasteiger partial charge in [0.25, 0.3) is 5.56 Å². The Morgan fingerprint density at radius 2 is 1.86 bits per heavy atom. The molecule has 1 saturated carbocycles. The largest absolute Gasteiger partial charge is 0.332 e. The number of rotatable bonds is 4. The zero-order chi connectivity index (χ0) is 19.4. The van der Waals surface area contributed by atoms with Crippen molar-refractivity contribution in [2.75, 3.05) is 26.2 Å². The molecule has 2 aromatic rings. The summed E-state index contributed by atoms with van der Waals surface area (Å²) in [6.07, 6.45) is 6.11. The molecule has 1 atom stereocenters. The number of fused-ring (bicyclic) bond motifs is 4. The molecule has 4 aliphatic rings. The molecular formula is C24H30N4O. The summed E-state index contributed by atoms with van der Waals surface area (Å²) in [7, 11) is 0. The average molecular weight is 391 g/mol. The van der Waals surface area contributed by atoms with Crippen LogP contribution in [0.25, 0.3) is 0 Å². The van der Waals surface area contributed by atoms with Gasteiger partial charge in [-0.05, 0) is 43.7 Å². The van der Waals surface area contributed by atoms with E-state index in [1.165, 1.54) is 43.6 Å². The Balaban J connectivity index is 1.26. The van der Waals surface area contributed by atoms with Crippen LogP contribution in [0.15, 0.2) is 35.1 Å². The summed E-state index contributed by atoms with van der Waals surface area (Å²) in [5.41, 5.74) is 3.70. The first-order chi connectivity index (χ1) is 14.2. The second-order valence-corrected chi connectivity index (χ2v) is 9.72. The van der Waals surface area contributed by atoms with Crippen LogP contribution in [-0.4, -0.2) is 45.5 Å². The Labute approximate surface area is 172 Å². The van der Waals surface area contributed by atoms with E-state index in [-0.39, 0.29) is 11.0 Å². The van der Waals surface area contributed by atoms with Gasteiger partial charge in [-0.2, -0.15) is 4.98 Å². The Bertz CT molecular complexity index is 980. The summed E-state index contributed by atoms with van der Waals surface area (Å²) in [5.74, 6) is 2.04. The second-order valence-electron chi connectivity index (χ2n) is 9.72. The Morgan fingerprint density at radius 1 is 1.03 bits per heavy atom. The molecule has 0 radical (unpaired) electrons. The standard InChI is InChI=1S/C24H30N4O/c29-22-20-16-26(14-18-4-2-1-3-5-18)11-8-21(20)28-13-10-24(23(28)25-22)9-12-27(17-24)15-19-6-7-19/h1-5,19H,6-17H2/t24-/m0/s1. The van der Waals surface area contributed by atoms with Crippen molar-refractivity contribution in [2.24, 2.45) is 5.92 Å². The third-order valence-electron chi connectivity index (χ3n) is 7.63. The highest BCUT2D eigenvalue weighted by Crippen LogP contribution is 2.43. The summed E-state index contributed by atoms with van der Waals surface area (Å²) in [6.45, 7) is 7.24. The number of hydrogen-bond acceptors (Lipinski definition) is 4. The predicted molar refractivity (Wildman–Crippen MR) is 113 cm³/mol. The molecule has 152 valence electrons. The van der Waals surface area contributed by atoms with Gasteiger partial charge >= 0.3 is 0 Å². The monoisotopic (exact) mass is 390 g/mol. The van der Waals surface area contributed by atoms with Crippen molar-refractivity contribution in [2.45, 2.75) is 57.2 Å². The highest BCUT2D eigenvalue weighted by Gasteiger charge is 2.47. The number of hydrogen-bond donors (Lipinski definition) is 0. The van der Waals surface area contributed by atoms with Crippen molar-refractivity contribution in [3.63, 3.8) is 0 Å². The van der Waals surface area contributed by atoms with Gasteiger partial charge in [0, 0.05) is 56.8 Å². The summed E-state index contributed by atoms with van der Waals surface area (Å²) >= 11 is 0. The molecule has 29 heavy (non-hydrogen) atoms. The topological polar surface area (TPSA) is 41.4 Å². The molecule has 4 heterocycles. The van der Waals surface area contributed by atoms with Crippen LogP contribution in [0.5, 0.6) is 0 Å². The summed E-state index contributed by atoms with van der Waals surface area (Å²) in [4.78, 5) is 22.8. The summed E-state index contributed by atoms with van der Waals surface area (Å²) in [5, 5.41) is 0. The molecule has 1 saturated heterocycles. The number of aromatic nitrogens is 2. The number of likely N-dealkylation sites (tertiary alicyclic amines) is 1. The third kappa shape index (κ3) is 3.15. The van der Waals surface area contributed by atoms with Crippen LogP contribution in [0.3, 0.4) is 0 Å². The van der Waals surface area contributed by atoms with Crippen LogP contribution in [0.1, 0.15) is 48.3 Å². The molecule has 3 aliphatic heterocycles. The minimum atomic E-state index is 0.0333. The van der Waals surface area contributed by atoms with E-state index in [0.29, 0.717) is 0 Å². The normalized spacial score (nSPS) is 26.8. The van der Waals surface area contributed by atoms with E-state index in [4.69, 9.17) is 4.98 Å². The fourth-order valence-corrected chi connectivity index (χ4v) is 5.88. The fourth-order valence-electron chi connectivity index (χ4n) is 5.88. The van der Waals surface area contributed by atoms with Gasteiger partial charge < -0.3 is 9.47 Å². The fraction of sp³-hybridized carbons (Fsp3) is 0.583. The summed E-state index contributed by atoms with van der Waals surface area (Å²) in [6, 6.07) is 10.6. The van der Waals surface area contributed by atoms with Crippen LogP contribution < -0.4 is 5.56 Å². The molecule has 2 fully saturated rings. The molecule has 0 amide bonds. The summed E-state index contributed by atoms with van der Waals surface area (Å²) < 4.78 is 2.44. The lowest BCUT2D eigenvalue weighted by Crippen LogP contribution is -2.39. The minimum Gasteiger partial charge on any atom is -0.332 e. The van der Waals surface area contributed by atoms with E-state index in [2.05, 4.69) is 44.7 Å². The van der Waals surface area contributed by atoms with Gasteiger partial charge in [-0.3, -0.25) is 9.69 Å². The maximum atomic E-state index is 13.1. The highest BCUT2D eigenvalue weighted by atomic mass is 16.1. The molecule has 1 aromatic heterocycles. The van der Waals surface area contributed by atoms with E-state index >= 15 is 0 Å². The minimum absolute atomic E-state index is 0.0333. The smallest absolute Gasteiger partial charge is 0.277 e. The van der Waals surface area contributed by atoms with Crippen molar-refractivity contribution in [1.29, 1.82) is 0 Å². The van der Waals surface area contributed by atoms with Gasteiger partial charge in [-0.1, -0.05) is 30.3 Å². The molecule has 1 aromatic carbocycles. The van der Waals surface area contributed by atoms with Crippen molar-refractivity contribution in [3.05, 3.63) is 63.3 Å². The van der Waals surface area contributed by atoms with E-state index in [9.17, 15) is 4.79 Å². The Morgan fingerprint density at radius 3 is 2.69 bits per heavy atom. The SMILES string of the molecule is O=c1nc2n(c3c1CN(Cc1ccccc1)CC3)CC[C@]21CCN(CC2CC2)C1. The average Bonchev–Trinajstić information content (AvgIpc) is 3.36. The Kier molecular flexibility index (Phi) is 4.17. The van der Waals surface area contributed by atoms with Crippen LogP contribution in [0.2, 0.25) is 0 Å². The van der Waals surface area contributed by atoms with Crippen molar-refractivity contribution >= 4 is 0 Å². The van der Waals surface area contributed by atoms with Crippen LogP contribution in [0.4, 0.5) is 0 Å². The lowest BCUT2D eigenvalue weighted by atomic mass is 9.85. The molecule has 0 unspecified atom stereocenters. The number of benzene rings is 1. The second kappa shape index (κ2) is 6.78. The van der Waals surface area contributed by atoms with Crippen LogP contribution >= 0.6 is 0 Å². The predicted octanol–water partition coefficient (Wildman–Crippen LogP) is 2.56. The number of nitrogens with zero attached hydrogens (tertiary/aromatic N) is 4. The molecule has 0 N–H and O–H groups in total. The van der Waals surface area contributed by atoms with Crippen molar-refractivity contribution in [1.82, 2.24) is 19.4 Å². The van der Waals surface area contributed by atoms with Gasteiger partial charge in [-0.25, -0.2) is 0 Å². The van der Waals surface area contributed by atoms with Gasteiger partial charge in [0.2, 0.25) is 0 Å². The van der Waals surface area contributed by atoms with Crippen molar-refractivity contribution < 1.29 is 0 Å². The Hall–Kier alpha value is -1.98. The van der Waals surface area contributed by atoms with Gasteiger partial charge in [0.1, 0.15) is 5.82 Å². The molecule has 0 bridgehead atoms. The molecule has 5 heteroatoms. The van der Waals surface area contributed by atoms with Gasteiger partial charge in [-0.15, -0.1) is 0 Å². The van der Waals surface area contributed by atoms with E-state index in [1.807, 2.05) is 0 Å². The molecule has 6 rings (SSSR count). The lowest BCUT2D eigenvalue weighted by Gasteiger charge is -2.31. The van der Waals surface area contributed by atoms with E-state index in [1.54, 1.807) is 0 Å². The molecule has 1 spiro atoms. The van der Waals surface area contributed by atoms with Crippen LogP contribution in [0, 0.1) is 5.92 Å². The molecule has 1 aliphatic carbocycles. The van der Waals surface area contributed by atoms with Gasteiger partial charge in [0.15, 0.2) is 0 Å². The maximum Gasteiger partial charge on any atom is 0.277 e. The third-order valence-corrected chi connectivity index (χ3v) is 7.63. The van der Waals surface area contributed by atoms with E-state index < -0.39 is 0 Å². The quantitative estimate of drug-likeness (QED) is 0.805. The maximum absolute atomic E-state index is 13.1. The first kappa shape index (κ1) is 17.8. The molecular weight excluding hydrogens is 360 g/mol. The van der Waals surface area contributed by atoms with Gasteiger partial charge in [0.05, 0.1) is 5.56 Å². The van der Waals surface area contributed by atoms with Crippen LogP contribution in [-0.2, 0) is 31.5 Å². The van der Waals surface area contributed by atoms with E-state index in [0.717, 1.165) is 62.9 Å². The molecule has 5 nitrogen and oxygen atoms in total.